The molecule has 1 aliphatic heterocycles. The number of ether oxygens (including phenoxy) is 1. The van der Waals surface area contributed by atoms with Crippen molar-refractivity contribution in [3.05, 3.63) is 72.3 Å². The fourth-order valence-corrected chi connectivity index (χ4v) is 9.11. The average Bonchev–Trinajstić information content (AvgIpc) is 4.05. The van der Waals surface area contributed by atoms with Crippen molar-refractivity contribution in [1.82, 2.24) is 25.4 Å². The van der Waals surface area contributed by atoms with Crippen molar-refractivity contribution in [2.45, 2.75) is 113 Å². The van der Waals surface area contributed by atoms with Crippen LogP contribution in [0.15, 0.2) is 66.3 Å². The maximum Gasteiger partial charge on any atom is 0.426 e. The highest BCUT2D eigenvalue weighted by molar-refractivity contribution is 7.91. The van der Waals surface area contributed by atoms with Gasteiger partial charge in [-0.05, 0) is 64.0 Å². The lowest BCUT2D eigenvalue weighted by atomic mass is 9.95. The van der Waals surface area contributed by atoms with Crippen LogP contribution < -0.4 is 15.5 Å². The van der Waals surface area contributed by atoms with Crippen LogP contribution in [0.25, 0.3) is 11.1 Å². The van der Waals surface area contributed by atoms with E-state index in [0.29, 0.717) is 31.4 Å². The molecule has 2 unspecified atom stereocenters. The molecular weight excluding hydrogens is 713 g/mol. The second-order valence-corrected chi connectivity index (χ2v) is 17.9. The lowest BCUT2D eigenvalue weighted by Crippen LogP contribution is -2.61. The largest absolute Gasteiger partial charge is 0.443 e. The molecule has 2 aromatic carbocycles. The molecule has 3 N–H and O–H groups in total. The van der Waals surface area contributed by atoms with Gasteiger partial charge in [-0.3, -0.25) is 14.3 Å². The van der Waals surface area contributed by atoms with Gasteiger partial charge in [-0.2, -0.15) is 0 Å². The molecule has 0 bridgehead atoms. The van der Waals surface area contributed by atoms with Crippen molar-refractivity contribution in [2.75, 3.05) is 6.54 Å². The van der Waals surface area contributed by atoms with E-state index in [4.69, 9.17) is 9.57 Å². The zero-order chi connectivity index (χ0) is 38.4. The standard InChI is InChI=1S/C39H48N6O8S/c1-5-24-22-39(24,35(47)43-54(50,51)27-19-20-27)40-34(46)32-21-26(53-42-33-30-17-11-9-15-28(30)29-16-10-12-18-31(29)33)23-44(32)37(49)45(25-13-7-6-8-14-25)41-36(48)52-38(2,3)4/h5,9-12,15-18,24-27,32H,1,6-8,13-14,19-23H2,2-4H3,(H,40,46)(H,41,48)(H,43,47)/t24-,26?,32+,39?/m1/s1. The number of nitrogens with zero attached hydrogens (tertiary/aromatic N) is 3. The topological polar surface area (TPSA) is 176 Å². The van der Waals surface area contributed by atoms with Crippen molar-refractivity contribution in [1.29, 1.82) is 0 Å². The Morgan fingerprint density at radius 2 is 1.56 bits per heavy atom. The Bertz CT molecular complexity index is 1940. The summed E-state index contributed by atoms with van der Waals surface area (Å²) in [6, 6.07) is 13.6. The van der Waals surface area contributed by atoms with Crippen LogP contribution in [0.3, 0.4) is 0 Å². The molecule has 2 aromatic rings. The van der Waals surface area contributed by atoms with E-state index in [-0.39, 0.29) is 25.4 Å². The molecule has 54 heavy (non-hydrogen) atoms. The van der Waals surface area contributed by atoms with Crippen molar-refractivity contribution < 1.29 is 37.2 Å². The van der Waals surface area contributed by atoms with Crippen molar-refractivity contribution >= 4 is 39.7 Å². The average molecular weight is 761 g/mol. The molecule has 3 saturated carbocycles. The number of benzene rings is 2. The first-order valence-electron chi connectivity index (χ1n) is 18.7. The summed E-state index contributed by atoms with van der Waals surface area (Å²) in [5.74, 6) is -2.02. The zero-order valence-corrected chi connectivity index (χ0v) is 31.7. The summed E-state index contributed by atoms with van der Waals surface area (Å²) in [5.41, 5.74) is 4.72. The Morgan fingerprint density at radius 3 is 2.11 bits per heavy atom. The number of hydrogen-bond donors (Lipinski definition) is 3. The predicted octanol–water partition coefficient (Wildman–Crippen LogP) is 4.74. The van der Waals surface area contributed by atoms with Gasteiger partial charge in [-0.25, -0.2) is 28.4 Å². The molecular formula is C39H48N6O8S. The summed E-state index contributed by atoms with van der Waals surface area (Å²) >= 11 is 0. The summed E-state index contributed by atoms with van der Waals surface area (Å²) in [4.78, 5) is 63.1. The number of hydrazine groups is 1. The fraction of sp³-hybridized carbons (Fsp3) is 0.513. The van der Waals surface area contributed by atoms with Gasteiger partial charge in [0.25, 0.3) is 5.91 Å². The van der Waals surface area contributed by atoms with E-state index in [2.05, 4.69) is 27.2 Å². The Labute approximate surface area is 315 Å². The molecule has 1 heterocycles. The Hall–Kier alpha value is -4.92. The smallest absolute Gasteiger partial charge is 0.426 e. The van der Waals surface area contributed by atoms with Crippen LogP contribution in [0.5, 0.6) is 0 Å². The molecule has 5 amide bonds. The van der Waals surface area contributed by atoms with E-state index < -0.39 is 68.4 Å². The summed E-state index contributed by atoms with van der Waals surface area (Å²) in [6.45, 7) is 8.90. The van der Waals surface area contributed by atoms with Crippen molar-refractivity contribution in [2.24, 2.45) is 11.1 Å². The van der Waals surface area contributed by atoms with Crippen LogP contribution in [0.4, 0.5) is 9.59 Å². The quantitative estimate of drug-likeness (QED) is 0.207. The van der Waals surface area contributed by atoms with E-state index in [0.717, 1.165) is 41.5 Å². The first kappa shape index (κ1) is 37.4. The van der Waals surface area contributed by atoms with E-state index in [9.17, 15) is 27.6 Å². The van der Waals surface area contributed by atoms with E-state index in [1.54, 1.807) is 20.8 Å². The third kappa shape index (κ3) is 7.55. The summed E-state index contributed by atoms with van der Waals surface area (Å²) in [5, 5.41) is 8.03. The fourth-order valence-electron chi connectivity index (χ4n) is 7.74. The Balaban J connectivity index is 1.18. The molecule has 4 aliphatic carbocycles. The number of carbonyl (C=O) groups excluding carboxylic acids is 4. The first-order valence-corrected chi connectivity index (χ1v) is 20.3. The van der Waals surface area contributed by atoms with Crippen molar-refractivity contribution in [3.63, 3.8) is 0 Å². The summed E-state index contributed by atoms with van der Waals surface area (Å²) in [7, 11) is -3.90. The zero-order valence-electron chi connectivity index (χ0n) is 30.9. The molecule has 5 aliphatic rings. The minimum absolute atomic E-state index is 0.0133. The van der Waals surface area contributed by atoms with Crippen LogP contribution in [-0.2, 0) is 29.2 Å². The third-order valence-electron chi connectivity index (χ3n) is 10.8. The molecule has 0 spiro atoms. The number of rotatable bonds is 9. The van der Waals surface area contributed by atoms with Gasteiger partial charge in [0.05, 0.1) is 17.8 Å². The predicted molar refractivity (Wildman–Crippen MR) is 200 cm³/mol. The highest BCUT2D eigenvalue weighted by Crippen LogP contribution is 2.46. The van der Waals surface area contributed by atoms with Gasteiger partial charge in [-0.1, -0.05) is 79.0 Å². The number of likely N-dealkylation sites (tertiary alicyclic amines) is 1. The van der Waals surface area contributed by atoms with Gasteiger partial charge >= 0.3 is 12.1 Å². The van der Waals surface area contributed by atoms with Gasteiger partial charge in [0.1, 0.15) is 29.0 Å². The van der Waals surface area contributed by atoms with Gasteiger partial charge in [0.2, 0.25) is 15.9 Å². The van der Waals surface area contributed by atoms with Gasteiger partial charge in [0.15, 0.2) is 0 Å². The SMILES string of the molecule is C=C[C@@H]1CC1(NC(=O)[C@@H]1CC(ON=C2c3ccccc3-c3ccccc32)CN1C(=O)N(NC(=O)OC(C)(C)C)C1CCCCC1)C(=O)NS(=O)(=O)C1CC1. The number of amides is 5. The van der Waals surface area contributed by atoms with Crippen LogP contribution in [0.1, 0.15) is 89.7 Å². The number of fused-ring (bicyclic) bond motifs is 3. The second-order valence-electron chi connectivity index (χ2n) is 15.9. The van der Waals surface area contributed by atoms with Gasteiger partial charge < -0.3 is 19.8 Å². The van der Waals surface area contributed by atoms with Gasteiger partial charge in [0, 0.05) is 23.5 Å². The molecule has 0 aromatic heterocycles. The summed E-state index contributed by atoms with van der Waals surface area (Å²) in [6.07, 6.45) is 5.01. The molecule has 15 heteroatoms. The number of carbonyl (C=O) groups is 4. The maximum absolute atomic E-state index is 14.6. The van der Waals surface area contributed by atoms with E-state index >= 15 is 0 Å². The number of sulfonamides is 1. The normalized spacial score (nSPS) is 24.8. The minimum Gasteiger partial charge on any atom is -0.443 e. The number of hydrogen-bond acceptors (Lipinski definition) is 9. The van der Waals surface area contributed by atoms with Gasteiger partial charge in [-0.15, -0.1) is 6.58 Å². The molecule has 7 rings (SSSR count). The molecule has 4 fully saturated rings. The van der Waals surface area contributed by atoms with Crippen LogP contribution >= 0.6 is 0 Å². The van der Waals surface area contributed by atoms with Crippen LogP contribution in [-0.4, -0.2) is 89.1 Å². The third-order valence-corrected chi connectivity index (χ3v) is 12.6. The first-order chi connectivity index (χ1) is 25.7. The maximum atomic E-state index is 14.6. The highest BCUT2D eigenvalue weighted by Gasteiger charge is 2.62. The van der Waals surface area contributed by atoms with E-state index in [1.807, 2.05) is 48.5 Å². The molecule has 4 atom stereocenters. The lowest BCUT2D eigenvalue weighted by Gasteiger charge is -2.38. The Morgan fingerprint density at radius 1 is 0.944 bits per heavy atom. The Kier molecular flexibility index (Phi) is 9.96. The molecule has 1 saturated heterocycles. The molecule has 14 nitrogen and oxygen atoms in total. The van der Waals surface area contributed by atoms with Crippen LogP contribution in [0, 0.1) is 5.92 Å². The monoisotopic (exact) mass is 760 g/mol. The van der Waals surface area contributed by atoms with Crippen molar-refractivity contribution in [3.8, 4) is 11.1 Å². The summed E-state index contributed by atoms with van der Waals surface area (Å²) < 4.78 is 33.2. The number of urea groups is 1. The second kappa shape index (κ2) is 14.4. The number of oxime groups is 1. The van der Waals surface area contributed by atoms with E-state index in [1.165, 1.54) is 16.0 Å². The number of nitrogens with one attached hydrogen (secondary N) is 3. The minimum atomic E-state index is -3.90. The molecule has 0 radical (unpaired) electrons. The highest BCUT2D eigenvalue weighted by atomic mass is 32.2. The molecule has 288 valence electrons. The lowest BCUT2D eigenvalue weighted by molar-refractivity contribution is -0.131. The van der Waals surface area contributed by atoms with Crippen LogP contribution in [0.2, 0.25) is 0 Å².